The van der Waals surface area contributed by atoms with Gasteiger partial charge in [0, 0.05) is 5.56 Å². The van der Waals surface area contributed by atoms with E-state index in [1.165, 1.54) is 18.2 Å². The SMILES string of the molecule is C=CC(=O)c1cc(F)ccc1C1CC1. The highest BCUT2D eigenvalue weighted by Gasteiger charge is 2.27. The Morgan fingerprint density at radius 1 is 1.50 bits per heavy atom. The quantitative estimate of drug-likeness (QED) is 0.528. The highest BCUT2D eigenvalue weighted by molar-refractivity contribution is 6.05. The maximum atomic E-state index is 12.9. The number of rotatable bonds is 3. The first-order chi connectivity index (χ1) is 6.72. The zero-order valence-corrected chi connectivity index (χ0v) is 7.79. The van der Waals surface area contributed by atoms with E-state index < -0.39 is 0 Å². The van der Waals surface area contributed by atoms with Crippen molar-refractivity contribution in [3.8, 4) is 0 Å². The zero-order chi connectivity index (χ0) is 10.1. The van der Waals surface area contributed by atoms with Crippen LogP contribution in [0.3, 0.4) is 0 Å². The van der Waals surface area contributed by atoms with Crippen LogP contribution >= 0.6 is 0 Å². The Balaban J connectivity index is 2.47. The Hall–Kier alpha value is -1.44. The van der Waals surface area contributed by atoms with Gasteiger partial charge < -0.3 is 0 Å². The zero-order valence-electron chi connectivity index (χ0n) is 7.79. The van der Waals surface area contributed by atoms with Crippen molar-refractivity contribution in [2.45, 2.75) is 18.8 Å². The number of benzene rings is 1. The Bertz CT molecular complexity index is 391. The van der Waals surface area contributed by atoms with Gasteiger partial charge in [-0.25, -0.2) is 4.39 Å². The summed E-state index contributed by atoms with van der Waals surface area (Å²) in [6.07, 6.45) is 3.44. The third kappa shape index (κ3) is 1.60. The average Bonchev–Trinajstić information content (AvgIpc) is 3.00. The highest BCUT2D eigenvalue weighted by atomic mass is 19.1. The predicted molar refractivity (Wildman–Crippen MR) is 52.9 cm³/mol. The van der Waals surface area contributed by atoms with Gasteiger partial charge in [0.05, 0.1) is 0 Å². The molecule has 72 valence electrons. The molecule has 2 heteroatoms. The molecular formula is C12H11FO. The lowest BCUT2D eigenvalue weighted by atomic mass is 10.00. The van der Waals surface area contributed by atoms with Crippen LogP contribution in [0.15, 0.2) is 30.9 Å². The Kier molecular flexibility index (Phi) is 2.20. The molecule has 0 aliphatic heterocycles. The Labute approximate surface area is 82.3 Å². The fourth-order valence-electron chi connectivity index (χ4n) is 1.60. The summed E-state index contributed by atoms with van der Waals surface area (Å²) >= 11 is 0. The second-order valence-corrected chi connectivity index (χ2v) is 3.57. The van der Waals surface area contributed by atoms with Gasteiger partial charge in [-0.15, -0.1) is 0 Å². The van der Waals surface area contributed by atoms with Gasteiger partial charge >= 0.3 is 0 Å². The first-order valence-corrected chi connectivity index (χ1v) is 4.68. The minimum atomic E-state index is -0.361. The van der Waals surface area contributed by atoms with Crippen molar-refractivity contribution in [3.63, 3.8) is 0 Å². The standard InChI is InChI=1S/C12H11FO/c1-2-12(14)11-7-9(13)5-6-10(11)8-3-4-8/h2,5-8H,1,3-4H2. The molecule has 0 spiro atoms. The van der Waals surface area contributed by atoms with Gasteiger partial charge in [-0.2, -0.15) is 0 Å². The molecule has 1 aromatic rings. The Morgan fingerprint density at radius 2 is 2.21 bits per heavy atom. The number of carbonyl (C=O) groups is 1. The third-order valence-corrected chi connectivity index (χ3v) is 2.48. The van der Waals surface area contributed by atoms with E-state index in [0.717, 1.165) is 18.4 Å². The number of halogens is 1. The second kappa shape index (κ2) is 3.37. The van der Waals surface area contributed by atoms with Gasteiger partial charge in [-0.1, -0.05) is 12.6 Å². The summed E-state index contributed by atoms with van der Waals surface area (Å²) in [4.78, 5) is 11.4. The molecule has 1 nitrogen and oxygen atoms in total. The molecule has 1 fully saturated rings. The predicted octanol–water partition coefficient (Wildman–Crippen LogP) is 3.07. The topological polar surface area (TPSA) is 17.1 Å². The molecule has 0 atom stereocenters. The van der Waals surface area contributed by atoms with Crippen LogP contribution in [-0.4, -0.2) is 5.78 Å². The van der Waals surface area contributed by atoms with E-state index in [2.05, 4.69) is 6.58 Å². The molecule has 0 amide bonds. The van der Waals surface area contributed by atoms with Gasteiger partial charge in [-0.3, -0.25) is 4.79 Å². The number of allylic oxidation sites excluding steroid dienone is 1. The van der Waals surface area contributed by atoms with Crippen LogP contribution in [0.2, 0.25) is 0 Å². The third-order valence-electron chi connectivity index (χ3n) is 2.48. The van der Waals surface area contributed by atoms with Crippen molar-refractivity contribution in [2.24, 2.45) is 0 Å². The maximum Gasteiger partial charge on any atom is 0.185 e. The minimum absolute atomic E-state index is 0.189. The van der Waals surface area contributed by atoms with E-state index in [9.17, 15) is 9.18 Å². The van der Waals surface area contributed by atoms with E-state index >= 15 is 0 Å². The summed E-state index contributed by atoms with van der Waals surface area (Å²) in [5.41, 5.74) is 1.44. The van der Waals surface area contributed by atoms with Crippen molar-refractivity contribution in [2.75, 3.05) is 0 Å². The van der Waals surface area contributed by atoms with Gasteiger partial charge in [-0.05, 0) is 42.5 Å². The van der Waals surface area contributed by atoms with Crippen LogP contribution in [-0.2, 0) is 0 Å². The van der Waals surface area contributed by atoms with Crippen molar-refractivity contribution in [1.82, 2.24) is 0 Å². The van der Waals surface area contributed by atoms with Gasteiger partial charge in [0.15, 0.2) is 5.78 Å². The van der Waals surface area contributed by atoms with Crippen molar-refractivity contribution >= 4 is 5.78 Å². The van der Waals surface area contributed by atoms with Gasteiger partial charge in [0.25, 0.3) is 0 Å². The van der Waals surface area contributed by atoms with Crippen LogP contribution in [0.1, 0.15) is 34.7 Å². The van der Waals surface area contributed by atoms with E-state index in [4.69, 9.17) is 0 Å². The lowest BCUT2D eigenvalue weighted by Crippen LogP contribution is -2.00. The molecule has 2 rings (SSSR count). The molecule has 0 bridgehead atoms. The van der Waals surface area contributed by atoms with E-state index in [0.29, 0.717) is 11.5 Å². The molecule has 0 N–H and O–H groups in total. The van der Waals surface area contributed by atoms with Crippen LogP contribution in [0.25, 0.3) is 0 Å². The number of hydrogen-bond acceptors (Lipinski definition) is 1. The summed E-state index contributed by atoms with van der Waals surface area (Å²) in [6, 6.07) is 4.43. The summed E-state index contributed by atoms with van der Waals surface area (Å²) in [7, 11) is 0. The molecule has 0 radical (unpaired) electrons. The molecule has 0 saturated heterocycles. The maximum absolute atomic E-state index is 12.9. The fraction of sp³-hybridized carbons (Fsp3) is 0.250. The fourth-order valence-corrected chi connectivity index (χ4v) is 1.60. The molecule has 0 heterocycles. The van der Waals surface area contributed by atoms with Crippen molar-refractivity contribution in [3.05, 3.63) is 47.8 Å². The summed E-state index contributed by atoms with van der Waals surface area (Å²) < 4.78 is 12.9. The first kappa shape index (κ1) is 9.13. The monoisotopic (exact) mass is 190 g/mol. The lowest BCUT2D eigenvalue weighted by molar-refractivity contribution is 0.104. The Morgan fingerprint density at radius 3 is 2.79 bits per heavy atom. The average molecular weight is 190 g/mol. The van der Waals surface area contributed by atoms with Crippen LogP contribution in [0, 0.1) is 5.82 Å². The summed E-state index contributed by atoms with van der Waals surface area (Å²) in [5, 5.41) is 0. The molecule has 1 aliphatic carbocycles. The van der Waals surface area contributed by atoms with Crippen LogP contribution in [0.4, 0.5) is 4.39 Å². The van der Waals surface area contributed by atoms with Crippen molar-refractivity contribution in [1.29, 1.82) is 0 Å². The minimum Gasteiger partial charge on any atom is -0.289 e. The molecule has 1 aliphatic rings. The largest absolute Gasteiger partial charge is 0.289 e. The number of hydrogen-bond donors (Lipinski definition) is 0. The van der Waals surface area contributed by atoms with Gasteiger partial charge in [0.2, 0.25) is 0 Å². The molecule has 0 unspecified atom stereocenters. The van der Waals surface area contributed by atoms with E-state index in [1.807, 2.05) is 0 Å². The highest BCUT2D eigenvalue weighted by Crippen LogP contribution is 2.41. The molecular weight excluding hydrogens is 179 g/mol. The normalized spacial score (nSPS) is 15.2. The second-order valence-electron chi connectivity index (χ2n) is 3.57. The van der Waals surface area contributed by atoms with Crippen molar-refractivity contribution < 1.29 is 9.18 Å². The molecule has 14 heavy (non-hydrogen) atoms. The molecule has 1 aromatic carbocycles. The number of ketones is 1. The number of carbonyl (C=O) groups excluding carboxylic acids is 1. The summed E-state index contributed by atoms with van der Waals surface area (Å²) in [6.45, 7) is 3.42. The lowest BCUT2D eigenvalue weighted by Gasteiger charge is -2.04. The molecule has 0 aromatic heterocycles. The summed E-state index contributed by atoms with van der Waals surface area (Å²) in [5.74, 6) is -0.0968. The molecule has 1 saturated carbocycles. The van der Waals surface area contributed by atoms with Crippen LogP contribution in [0.5, 0.6) is 0 Å². The smallest absolute Gasteiger partial charge is 0.185 e. The first-order valence-electron chi connectivity index (χ1n) is 4.68. The van der Waals surface area contributed by atoms with Gasteiger partial charge in [0.1, 0.15) is 5.82 Å². The van der Waals surface area contributed by atoms with Crippen LogP contribution < -0.4 is 0 Å². The van der Waals surface area contributed by atoms with E-state index in [-0.39, 0.29) is 11.6 Å². The van der Waals surface area contributed by atoms with E-state index in [1.54, 1.807) is 6.07 Å².